The summed E-state index contributed by atoms with van der Waals surface area (Å²) in [6.07, 6.45) is 1.04. The molecule has 2 rings (SSSR count). The van der Waals surface area contributed by atoms with Crippen molar-refractivity contribution in [1.82, 2.24) is 5.32 Å². The van der Waals surface area contributed by atoms with Gasteiger partial charge in [-0.25, -0.2) is 9.18 Å². The van der Waals surface area contributed by atoms with Crippen molar-refractivity contribution < 1.29 is 13.9 Å². The molecule has 1 N–H and O–H groups in total. The number of benzene rings is 1. The van der Waals surface area contributed by atoms with Gasteiger partial charge in [-0.2, -0.15) is 0 Å². The highest BCUT2D eigenvalue weighted by Gasteiger charge is 2.24. The molecule has 0 aliphatic carbocycles. The van der Waals surface area contributed by atoms with Gasteiger partial charge in [0.25, 0.3) is 0 Å². The normalized spacial score (nSPS) is 15.6. The molecule has 7 nitrogen and oxygen atoms in total. The van der Waals surface area contributed by atoms with E-state index in [1.807, 2.05) is 25.7 Å². The van der Waals surface area contributed by atoms with E-state index in [-0.39, 0.29) is 11.7 Å². The highest BCUT2D eigenvalue weighted by Crippen LogP contribution is 2.31. The number of nitrogens with one attached hydrogen (secondary N) is 1. The zero-order chi connectivity index (χ0) is 17.7. The van der Waals surface area contributed by atoms with Crippen LogP contribution >= 0.6 is 0 Å². The van der Waals surface area contributed by atoms with Crippen LogP contribution in [0.4, 0.5) is 20.6 Å². The minimum atomic E-state index is -0.525. The average Bonchev–Trinajstić information content (AvgIpc) is 2.47. The fourth-order valence-electron chi connectivity index (χ4n) is 2.63. The van der Waals surface area contributed by atoms with Gasteiger partial charge in [0.15, 0.2) is 0 Å². The Hall–Kier alpha value is -2.47. The first-order chi connectivity index (χ1) is 11.3. The lowest BCUT2D eigenvalue weighted by Crippen LogP contribution is -2.46. The molecular formula is C16H22FN5O2. The number of ether oxygens (including phenoxy) is 1. The molecule has 1 aromatic carbocycles. The van der Waals surface area contributed by atoms with Gasteiger partial charge >= 0.3 is 6.09 Å². The Bertz CT molecular complexity index is 644. The van der Waals surface area contributed by atoms with Crippen molar-refractivity contribution in [3.63, 3.8) is 0 Å². The SMILES string of the molecule is CC(C)(C)OC(=O)NC1CCN(c2ccc(F)cc2N=[N+]=[N-])CC1. The van der Waals surface area contributed by atoms with Crippen molar-refractivity contribution in [3.8, 4) is 0 Å². The van der Waals surface area contributed by atoms with E-state index in [9.17, 15) is 9.18 Å². The Morgan fingerprint density at radius 3 is 2.67 bits per heavy atom. The van der Waals surface area contributed by atoms with Crippen LogP contribution < -0.4 is 10.2 Å². The summed E-state index contributed by atoms with van der Waals surface area (Å²) in [7, 11) is 0. The Kier molecular flexibility index (Phi) is 5.51. The molecule has 1 aromatic rings. The molecule has 0 unspecified atom stereocenters. The summed E-state index contributed by atoms with van der Waals surface area (Å²) in [6, 6.07) is 4.21. The second-order valence-electron chi connectivity index (χ2n) is 6.73. The number of alkyl carbamates (subject to hydrolysis) is 1. The molecule has 24 heavy (non-hydrogen) atoms. The number of piperidine rings is 1. The van der Waals surface area contributed by atoms with Crippen LogP contribution in [0.25, 0.3) is 10.4 Å². The molecule has 0 spiro atoms. The molecule has 1 aliphatic heterocycles. The van der Waals surface area contributed by atoms with E-state index in [1.165, 1.54) is 12.1 Å². The van der Waals surface area contributed by atoms with E-state index in [2.05, 4.69) is 15.3 Å². The lowest BCUT2D eigenvalue weighted by molar-refractivity contribution is 0.0497. The van der Waals surface area contributed by atoms with E-state index in [1.54, 1.807) is 6.07 Å². The van der Waals surface area contributed by atoms with Crippen molar-refractivity contribution in [1.29, 1.82) is 0 Å². The maximum absolute atomic E-state index is 13.3. The highest BCUT2D eigenvalue weighted by atomic mass is 19.1. The summed E-state index contributed by atoms with van der Waals surface area (Å²) in [5.74, 6) is -0.442. The summed E-state index contributed by atoms with van der Waals surface area (Å²) >= 11 is 0. The van der Waals surface area contributed by atoms with Gasteiger partial charge in [-0.3, -0.25) is 0 Å². The Morgan fingerprint density at radius 1 is 1.42 bits per heavy atom. The number of carbonyl (C=O) groups excluding carboxylic acids is 1. The number of rotatable bonds is 3. The molecule has 0 aromatic heterocycles. The number of anilines is 1. The predicted molar refractivity (Wildman–Crippen MR) is 89.8 cm³/mol. The summed E-state index contributed by atoms with van der Waals surface area (Å²) in [5.41, 5.74) is 9.07. The molecule has 1 aliphatic rings. The quantitative estimate of drug-likeness (QED) is 0.508. The zero-order valence-corrected chi connectivity index (χ0v) is 14.1. The van der Waals surface area contributed by atoms with E-state index in [0.717, 1.165) is 12.8 Å². The summed E-state index contributed by atoms with van der Waals surface area (Å²) in [4.78, 5) is 16.6. The predicted octanol–water partition coefficient (Wildman–Crippen LogP) is 4.26. The van der Waals surface area contributed by atoms with Crippen LogP contribution in [0.1, 0.15) is 33.6 Å². The topological polar surface area (TPSA) is 90.3 Å². The summed E-state index contributed by atoms with van der Waals surface area (Å²) < 4.78 is 18.6. The molecular weight excluding hydrogens is 313 g/mol. The number of hydrogen-bond donors (Lipinski definition) is 1. The Morgan fingerprint density at radius 2 is 2.08 bits per heavy atom. The monoisotopic (exact) mass is 335 g/mol. The second-order valence-corrected chi connectivity index (χ2v) is 6.73. The standard InChI is InChI=1S/C16H22FN5O2/c1-16(2,3)24-15(23)19-12-6-8-22(9-7-12)14-5-4-11(17)10-13(14)20-21-18/h4-5,10,12H,6-9H2,1-3H3,(H,19,23). The average molecular weight is 335 g/mol. The number of halogens is 1. The van der Waals surface area contributed by atoms with Crippen molar-refractivity contribution in [2.24, 2.45) is 5.11 Å². The van der Waals surface area contributed by atoms with Gasteiger partial charge in [-0.15, -0.1) is 0 Å². The number of azide groups is 1. The van der Waals surface area contributed by atoms with Crippen LogP contribution in [0.3, 0.4) is 0 Å². The van der Waals surface area contributed by atoms with E-state index >= 15 is 0 Å². The van der Waals surface area contributed by atoms with Crippen molar-refractivity contribution in [3.05, 3.63) is 34.5 Å². The number of nitrogens with zero attached hydrogens (tertiary/aromatic N) is 4. The first-order valence-electron chi connectivity index (χ1n) is 7.87. The van der Waals surface area contributed by atoms with Gasteiger partial charge in [-0.1, -0.05) is 5.11 Å². The van der Waals surface area contributed by atoms with Gasteiger partial charge in [0.05, 0.1) is 5.69 Å². The number of hydrogen-bond acceptors (Lipinski definition) is 4. The second kappa shape index (κ2) is 7.40. The lowest BCUT2D eigenvalue weighted by Gasteiger charge is -2.34. The number of amides is 1. The van der Waals surface area contributed by atoms with Gasteiger partial charge in [0.1, 0.15) is 11.4 Å². The van der Waals surface area contributed by atoms with Crippen LogP contribution in [0.15, 0.2) is 23.3 Å². The van der Waals surface area contributed by atoms with Crippen LogP contribution in [-0.4, -0.2) is 30.8 Å². The first kappa shape index (κ1) is 17.9. The molecule has 8 heteroatoms. The smallest absolute Gasteiger partial charge is 0.407 e. The van der Waals surface area contributed by atoms with Crippen LogP contribution in [0.2, 0.25) is 0 Å². The van der Waals surface area contributed by atoms with Crippen LogP contribution in [0, 0.1) is 5.82 Å². The van der Waals surface area contributed by atoms with E-state index < -0.39 is 17.5 Å². The third-order valence-corrected chi connectivity index (χ3v) is 3.65. The van der Waals surface area contributed by atoms with Gasteiger partial charge < -0.3 is 15.0 Å². The van der Waals surface area contributed by atoms with E-state index in [4.69, 9.17) is 10.3 Å². The third-order valence-electron chi connectivity index (χ3n) is 3.65. The molecule has 0 saturated carbocycles. The van der Waals surface area contributed by atoms with Gasteiger partial charge in [-0.05, 0) is 57.3 Å². The highest BCUT2D eigenvalue weighted by molar-refractivity contribution is 5.69. The fraction of sp³-hybridized carbons (Fsp3) is 0.562. The Balaban J connectivity index is 1.96. The fourth-order valence-corrected chi connectivity index (χ4v) is 2.63. The molecule has 1 saturated heterocycles. The lowest BCUT2D eigenvalue weighted by atomic mass is 10.0. The van der Waals surface area contributed by atoms with Crippen molar-refractivity contribution >= 4 is 17.5 Å². The molecule has 0 atom stereocenters. The largest absolute Gasteiger partial charge is 0.444 e. The van der Waals surface area contributed by atoms with Crippen LogP contribution in [0.5, 0.6) is 0 Å². The maximum atomic E-state index is 13.3. The minimum absolute atomic E-state index is 0.0273. The van der Waals surface area contributed by atoms with Crippen molar-refractivity contribution in [2.45, 2.75) is 45.3 Å². The van der Waals surface area contributed by atoms with Gasteiger partial charge in [0, 0.05) is 29.7 Å². The molecule has 1 fully saturated rings. The Labute approximate surface area is 140 Å². The maximum Gasteiger partial charge on any atom is 0.407 e. The van der Waals surface area contributed by atoms with Gasteiger partial charge in [0.2, 0.25) is 0 Å². The third kappa shape index (κ3) is 5.03. The minimum Gasteiger partial charge on any atom is -0.444 e. The summed E-state index contributed by atoms with van der Waals surface area (Å²) in [5, 5.41) is 6.43. The zero-order valence-electron chi connectivity index (χ0n) is 14.1. The van der Waals surface area contributed by atoms with Crippen molar-refractivity contribution in [2.75, 3.05) is 18.0 Å². The molecule has 1 amide bonds. The summed E-state index contributed by atoms with van der Waals surface area (Å²) in [6.45, 7) is 6.79. The molecule has 130 valence electrons. The molecule has 1 heterocycles. The molecule has 0 bridgehead atoms. The van der Waals surface area contributed by atoms with E-state index in [0.29, 0.717) is 18.8 Å². The first-order valence-corrected chi connectivity index (χ1v) is 7.87. The number of carbonyl (C=O) groups is 1. The molecule has 0 radical (unpaired) electrons. The van der Waals surface area contributed by atoms with Crippen LogP contribution in [-0.2, 0) is 4.74 Å².